The maximum Gasteiger partial charge on any atom is 0.217 e. The molecule has 7 heterocycles. The molecule has 7 aliphatic rings. The number of hydrogen-bond acceptors (Lipinski definition) is 41. The van der Waals surface area contributed by atoms with Crippen LogP contribution in [0.4, 0.5) is 0 Å². The second-order valence-electron chi connectivity index (χ2n) is 25.9. The zero-order valence-electron chi connectivity index (χ0n) is 56.5. The Kier molecular flexibility index (Phi) is 32.7. The lowest BCUT2D eigenvalue weighted by atomic mass is 9.93. The van der Waals surface area contributed by atoms with Crippen LogP contribution >= 0.6 is 0 Å². The zero-order valence-corrected chi connectivity index (χ0v) is 56.5. The molecule has 39 atom stereocenters. The molecule has 602 valence electrons. The van der Waals surface area contributed by atoms with Gasteiger partial charge in [0.1, 0.15) is 189 Å². The second-order valence-corrected chi connectivity index (χ2v) is 25.9. The molecule has 104 heavy (non-hydrogen) atoms. The van der Waals surface area contributed by atoms with Gasteiger partial charge in [0.25, 0.3) is 0 Å². The smallest absolute Gasteiger partial charge is 0.217 e. The number of rotatable bonds is 31. The number of hydrogen-bond donors (Lipinski definition) is 27. The Balaban J connectivity index is 1.23. The van der Waals surface area contributed by atoms with E-state index in [0.29, 0.717) is 0 Å². The standard InChI is InChI=1S/C58H99N5O41/c1-15(71)59-20(6-64)47(33(77)21(76)7-65)100-54-31(62-18(4)74)41(85)49(26(12-70)97-54)102-58-46(90)51(38(82)28(99-58)14-92-53-30(61-17(3)73)40(84)48(25(11-69)96-53)101-56-44(88)42(86)35(79)23(9-67)95-56)104-55-32(63-19(5)75)50(37(81)24(10-68)94-55)103-57-45(89)43(87)36(80)27(98-57)13-91-52-29(60-16(2)72)39(83)34(78)22(8-66)93-52/h20-58,64-70,76-90H,6-14H2,1-5H3,(H,59,71)(H,60,72)(H,61,73)(H,62,74)(H,63,75)/t20-,21+,22+,23+,24+,25+,26+,27+,28+,29+,30+,31+,32+,33-,34-,35-,36-,37+,38-,39+,40+,41+,42-,43-,44+,45+,46+,47+,48+,49+,50+,51-,52-,53+,54-,55-,56-,57-,58-/m0/s1. The molecule has 0 radical (unpaired) electrons. The molecule has 0 unspecified atom stereocenters. The molecular formula is C58H99N5O41. The number of aliphatic hydroxyl groups excluding tert-OH is 22. The second kappa shape index (κ2) is 39.0. The Bertz CT molecular complexity index is 2710. The van der Waals surface area contributed by atoms with Crippen molar-refractivity contribution in [1.29, 1.82) is 0 Å². The lowest BCUT2D eigenvalue weighted by molar-refractivity contribution is -0.383. The van der Waals surface area contributed by atoms with Crippen LogP contribution < -0.4 is 26.6 Å². The van der Waals surface area contributed by atoms with E-state index in [1.807, 2.05) is 0 Å². The van der Waals surface area contributed by atoms with Crippen LogP contribution in [0.5, 0.6) is 0 Å². The van der Waals surface area contributed by atoms with Crippen LogP contribution in [-0.4, -0.2) is 440 Å². The van der Waals surface area contributed by atoms with Gasteiger partial charge in [-0.05, 0) is 0 Å². The van der Waals surface area contributed by atoms with E-state index in [4.69, 9.17) is 66.3 Å². The van der Waals surface area contributed by atoms with Gasteiger partial charge >= 0.3 is 0 Å². The summed E-state index contributed by atoms with van der Waals surface area (Å²) in [6.45, 7) is -4.49. The highest BCUT2D eigenvalue weighted by atomic mass is 16.8. The van der Waals surface area contributed by atoms with Crippen LogP contribution in [0.1, 0.15) is 34.6 Å². The molecule has 46 heteroatoms. The van der Waals surface area contributed by atoms with Crippen LogP contribution in [0.15, 0.2) is 0 Å². The molecule has 7 saturated heterocycles. The average molecular weight is 1520 g/mol. The molecule has 0 saturated carbocycles. The van der Waals surface area contributed by atoms with Gasteiger partial charge in [-0.2, -0.15) is 0 Å². The average Bonchev–Trinajstić information content (AvgIpc) is 0.776. The lowest BCUT2D eigenvalue weighted by Crippen LogP contribution is -2.71. The third-order valence-electron chi connectivity index (χ3n) is 18.3. The summed E-state index contributed by atoms with van der Waals surface area (Å²) in [5.41, 5.74) is 0. The van der Waals surface area contributed by atoms with Crippen LogP contribution in [-0.2, 0) is 90.3 Å². The van der Waals surface area contributed by atoms with E-state index in [-0.39, 0.29) is 0 Å². The molecule has 5 amide bonds. The van der Waals surface area contributed by atoms with E-state index in [1.54, 1.807) is 0 Å². The molecule has 0 spiro atoms. The van der Waals surface area contributed by atoms with Crippen LogP contribution in [0, 0.1) is 0 Å². The van der Waals surface area contributed by atoms with Gasteiger partial charge in [-0.15, -0.1) is 0 Å². The first-order valence-electron chi connectivity index (χ1n) is 33.0. The largest absolute Gasteiger partial charge is 0.394 e. The van der Waals surface area contributed by atoms with Crippen LogP contribution in [0.25, 0.3) is 0 Å². The fraction of sp³-hybridized carbons (Fsp3) is 0.914. The molecule has 0 aromatic heterocycles. The molecule has 0 aliphatic carbocycles. The molecule has 7 fully saturated rings. The molecule has 27 N–H and O–H groups in total. The number of amides is 5. The highest BCUT2D eigenvalue weighted by molar-refractivity contribution is 5.75. The first-order chi connectivity index (χ1) is 49.1. The summed E-state index contributed by atoms with van der Waals surface area (Å²) in [7, 11) is 0. The summed E-state index contributed by atoms with van der Waals surface area (Å²) in [6.07, 6.45) is -69.2. The van der Waals surface area contributed by atoms with Gasteiger partial charge in [0.05, 0.1) is 65.5 Å². The quantitative estimate of drug-likeness (QED) is 0.0306. The van der Waals surface area contributed by atoms with Crippen molar-refractivity contribution in [1.82, 2.24) is 26.6 Å². The van der Waals surface area contributed by atoms with Crippen molar-refractivity contribution < 1.29 is 203 Å². The van der Waals surface area contributed by atoms with E-state index in [2.05, 4.69) is 26.6 Å². The van der Waals surface area contributed by atoms with E-state index < -0.39 is 328 Å². The minimum absolute atomic E-state index is 0.750. The fourth-order valence-corrected chi connectivity index (χ4v) is 12.9. The highest BCUT2D eigenvalue weighted by Gasteiger charge is 2.59. The molecule has 0 aromatic rings. The Hall–Kier alpha value is -4.09. The van der Waals surface area contributed by atoms with Crippen molar-refractivity contribution in [3.05, 3.63) is 0 Å². The number of ether oxygens (including phenoxy) is 14. The third kappa shape index (κ3) is 20.5. The van der Waals surface area contributed by atoms with E-state index in [0.717, 1.165) is 34.6 Å². The first kappa shape index (κ1) is 87.1. The van der Waals surface area contributed by atoms with E-state index in [9.17, 15) is 136 Å². The summed E-state index contributed by atoms with van der Waals surface area (Å²) in [6, 6.07) is -8.92. The Morgan fingerprint density at radius 1 is 0.327 bits per heavy atom. The topological polar surface area (TPSA) is 720 Å². The van der Waals surface area contributed by atoms with E-state index in [1.165, 1.54) is 0 Å². The van der Waals surface area contributed by atoms with Crippen LogP contribution in [0.2, 0.25) is 0 Å². The van der Waals surface area contributed by atoms with Crippen molar-refractivity contribution >= 4 is 29.5 Å². The SMILES string of the molecule is CC(=O)N[C@H]1[C@H](OC[C@H]2O[C@@H](O[C@H]3[C@H](O)[C@@H](NC(C)=O)[C@H](O[C@@H]([C@@H](O)[C@H](O)CO)[C@H](CO)NC(C)=O)O[C@@H]3CO)[C@H](O)[C@@H](O[C@@H]3O[C@H](CO)[C@@H](O)[C@H](O[C@@H]4O[C@H](CO[C@H]5O[C@H](CO)[C@H](O)[C@H](O)[C@H]5NC(C)=O)[C@H](O)[C@H](O)[C@H]4O)[C@H]3NC(C)=O)[C@H]2O)O[C@H](CO)[C@@H](O[C@@H]2O[C@H](CO)[C@H](O)[C@H](O)[C@H]2O)[C@@H]1O. The Labute approximate surface area is 590 Å². The van der Waals surface area contributed by atoms with Crippen molar-refractivity contribution in [2.24, 2.45) is 0 Å². The van der Waals surface area contributed by atoms with Crippen molar-refractivity contribution in [2.75, 3.05) is 59.5 Å². The predicted octanol–water partition coefficient (Wildman–Crippen LogP) is -18.1. The summed E-state index contributed by atoms with van der Waals surface area (Å²) >= 11 is 0. The van der Waals surface area contributed by atoms with Crippen LogP contribution in [0.3, 0.4) is 0 Å². The van der Waals surface area contributed by atoms with Crippen molar-refractivity contribution in [2.45, 2.75) is 274 Å². The first-order valence-corrected chi connectivity index (χ1v) is 33.0. The molecule has 7 rings (SSSR count). The van der Waals surface area contributed by atoms with Gasteiger partial charge in [-0.3, -0.25) is 24.0 Å². The summed E-state index contributed by atoms with van der Waals surface area (Å²) in [5, 5.41) is 253. The maximum absolute atomic E-state index is 13.2. The summed E-state index contributed by atoms with van der Waals surface area (Å²) < 4.78 is 82.9. The van der Waals surface area contributed by atoms with Gasteiger partial charge < -0.3 is 205 Å². The monoisotopic (exact) mass is 1520 g/mol. The Morgan fingerprint density at radius 3 is 1.11 bits per heavy atom. The summed E-state index contributed by atoms with van der Waals surface area (Å²) in [4.78, 5) is 63.3. The van der Waals surface area contributed by atoms with E-state index >= 15 is 0 Å². The van der Waals surface area contributed by atoms with Gasteiger partial charge in [0.2, 0.25) is 29.5 Å². The third-order valence-corrected chi connectivity index (χ3v) is 18.3. The molecule has 7 aliphatic heterocycles. The number of carbonyl (C=O) groups excluding carboxylic acids is 5. The van der Waals surface area contributed by atoms with Gasteiger partial charge in [-0.1, -0.05) is 0 Å². The molecule has 0 bridgehead atoms. The summed E-state index contributed by atoms with van der Waals surface area (Å²) in [5.74, 6) is -4.40. The maximum atomic E-state index is 13.2. The number of carbonyl (C=O) groups is 5. The normalized spacial score (nSPS) is 44.0. The fourth-order valence-electron chi connectivity index (χ4n) is 12.9. The highest BCUT2D eigenvalue weighted by Crippen LogP contribution is 2.38. The zero-order chi connectivity index (χ0) is 77.2. The van der Waals surface area contributed by atoms with Gasteiger partial charge in [-0.25, -0.2) is 0 Å². The Morgan fingerprint density at radius 2 is 0.663 bits per heavy atom. The van der Waals surface area contributed by atoms with Gasteiger partial charge in [0, 0.05) is 34.6 Å². The lowest BCUT2D eigenvalue weighted by Gasteiger charge is -2.51. The number of nitrogens with one attached hydrogen (secondary N) is 5. The minimum atomic E-state index is -2.50. The van der Waals surface area contributed by atoms with Gasteiger partial charge in [0.15, 0.2) is 44.0 Å². The molecular weight excluding hydrogens is 1420 g/mol. The van der Waals surface area contributed by atoms with Crippen molar-refractivity contribution in [3.8, 4) is 0 Å². The molecule has 0 aromatic carbocycles. The number of aliphatic hydroxyl groups is 22. The van der Waals surface area contributed by atoms with Crippen molar-refractivity contribution in [3.63, 3.8) is 0 Å². The minimum Gasteiger partial charge on any atom is -0.394 e. The predicted molar refractivity (Wildman–Crippen MR) is 325 cm³/mol. The molecule has 46 nitrogen and oxygen atoms in total.